The Labute approximate surface area is 110 Å². The summed E-state index contributed by atoms with van der Waals surface area (Å²) in [5.41, 5.74) is 0.673. The Kier molecular flexibility index (Phi) is 3.31. The zero-order chi connectivity index (χ0) is 12.4. The van der Waals surface area contributed by atoms with E-state index in [4.69, 9.17) is 0 Å². The first kappa shape index (κ1) is 11.7. The monoisotopic (exact) mass is 264 g/mol. The van der Waals surface area contributed by atoms with Gasteiger partial charge in [-0.1, -0.05) is 0 Å². The molecular formula is C11H16N6S. The highest BCUT2D eigenvalue weighted by molar-refractivity contribution is 7.99. The lowest BCUT2D eigenvalue weighted by molar-refractivity contribution is 0.471. The average molecular weight is 264 g/mol. The van der Waals surface area contributed by atoms with E-state index >= 15 is 0 Å². The molecule has 2 aromatic heterocycles. The van der Waals surface area contributed by atoms with E-state index in [0.717, 1.165) is 11.1 Å². The number of hydrogen-bond donors (Lipinski definition) is 1. The molecule has 0 aliphatic heterocycles. The van der Waals surface area contributed by atoms with E-state index in [2.05, 4.69) is 32.2 Å². The third kappa shape index (κ3) is 2.40. The molecule has 7 heteroatoms. The lowest BCUT2D eigenvalue weighted by Crippen LogP contribution is -2.27. The maximum atomic E-state index is 4.33. The molecule has 1 fully saturated rings. The lowest BCUT2D eigenvalue weighted by atomic mass is 9.95. The first-order valence-electron chi connectivity index (χ1n) is 6.20. The summed E-state index contributed by atoms with van der Waals surface area (Å²) in [6.45, 7) is 0. The van der Waals surface area contributed by atoms with E-state index in [-0.39, 0.29) is 0 Å². The van der Waals surface area contributed by atoms with Crippen molar-refractivity contribution >= 4 is 23.2 Å². The number of nitrogens with zero attached hydrogens (tertiary/aromatic N) is 5. The van der Waals surface area contributed by atoms with Crippen molar-refractivity contribution in [2.24, 2.45) is 0 Å². The number of rotatable bonds is 3. The SMILES string of the molecule is CSC1CCC(Nc2ccc3nnnn3n2)CC1. The molecule has 2 aromatic rings. The van der Waals surface area contributed by atoms with Crippen LogP contribution in [0.4, 0.5) is 5.82 Å². The highest BCUT2D eigenvalue weighted by Crippen LogP contribution is 2.28. The lowest BCUT2D eigenvalue weighted by Gasteiger charge is -2.28. The second-order valence-electron chi connectivity index (χ2n) is 4.60. The average Bonchev–Trinajstić information content (AvgIpc) is 2.87. The summed E-state index contributed by atoms with van der Waals surface area (Å²) in [6.07, 6.45) is 7.19. The topological polar surface area (TPSA) is 68.0 Å². The van der Waals surface area contributed by atoms with Crippen LogP contribution < -0.4 is 5.32 Å². The van der Waals surface area contributed by atoms with Crippen LogP contribution in [0.25, 0.3) is 5.65 Å². The minimum absolute atomic E-state index is 0.523. The predicted molar refractivity (Wildman–Crippen MR) is 71.8 cm³/mol. The zero-order valence-electron chi connectivity index (χ0n) is 10.3. The molecule has 3 rings (SSSR count). The van der Waals surface area contributed by atoms with Crippen molar-refractivity contribution in [2.45, 2.75) is 37.0 Å². The first-order chi connectivity index (χ1) is 8.85. The summed E-state index contributed by atoms with van der Waals surface area (Å²) in [7, 11) is 0. The normalized spacial score (nSPS) is 24.3. The molecule has 0 atom stereocenters. The fourth-order valence-electron chi connectivity index (χ4n) is 2.38. The Bertz CT molecular complexity index is 519. The van der Waals surface area contributed by atoms with Crippen LogP contribution in [0.15, 0.2) is 12.1 Å². The number of thioether (sulfide) groups is 1. The van der Waals surface area contributed by atoms with Crippen molar-refractivity contribution in [2.75, 3.05) is 11.6 Å². The Balaban J connectivity index is 1.65. The minimum Gasteiger partial charge on any atom is -0.366 e. The molecule has 0 bridgehead atoms. The van der Waals surface area contributed by atoms with Crippen LogP contribution in [0, 0.1) is 0 Å². The molecular weight excluding hydrogens is 248 g/mol. The molecule has 6 nitrogen and oxygen atoms in total. The zero-order valence-corrected chi connectivity index (χ0v) is 11.1. The van der Waals surface area contributed by atoms with Crippen LogP contribution in [0.2, 0.25) is 0 Å². The van der Waals surface area contributed by atoms with Gasteiger partial charge in [-0.05, 0) is 54.5 Å². The van der Waals surface area contributed by atoms with E-state index in [1.54, 1.807) is 0 Å². The molecule has 0 spiro atoms. The van der Waals surface area contributed by atoms with Crippen LogP contribution in [-0.2, 0) is 0 Å². The number of anilines is 1. The van der Waals surface area contributed by atoms with Gasteiger partial charge in [-0.15, -0.1) is 14.8 Å². The van der Waals surface area contributed by atoms with Gasteiger partial charge in [0.05, 0.1) is 0 Å². The maximum absolute atomic E-state index is 4.33. The third-order valence-corrected chi connectivity index (χ3v) is 4.57. The fourth-order valence-corrected chi connectivity index (χ4v) is 3.12. The molecule has 1 aliphatic carbocycles. The van der Waals surface area contributed by atoms with E-state index < -0.39 is 0 Å². The predicted octanol–water partition coefficient (Wildman–Crippen LogP) is 1.61. The first-order valence-corrected chi connectivity index (χ1v) is 7.49. The number of fused-ring (bicyclic) bond motifs is 1. The van der Waals surface area contributed by atoms with Gasteiger partial charge in [-0.3, -0.25) is 0 Å². The van der Waals surface area contributed by atoms with Crippen molar-refractivity contribution < 1.29 is 0 Å². The van der Waals surface area contributed by atoms with E-state index in [9.17, 15) is 0 Å². The van der Waals surface area contributed by atoms with Gasteiger partial charge in [0.15, 0.2) is 5.65 Å². The summed E-state index contributed by atoms with van der Waals surface area (Å²) in [5.74, 6) is 0.849. The van der Waals surface area contributed by atoms with E-state index in [1.165, 1.54) is 30.3 Å². The molecule has 96 valence electrons. The Morgan fingerprint density at radius 3 is 2.89 bits per heavy atom. The molecule has 1 saturated carbocycles. The summed E-state index contributed by atoms with van der Waals surface area (Å²) < 4.78 is 1.45. The van der Waals surface area contributed by atoms with Crippen molar-refractivity contribution in [1.29, 1.82) is 0 Å². The quantitative estimate of drug-likeness (QED) is 0.908. The molecule has 0 saturated heterocycles. The van der Waals surface area contributed by atoms with Gasteiger partial charge in [0.2, 0.25) is 0 Å². The number of aromatic nitrogens is 5. The van der Waals surface area contributed by atoms with Crippen molar-refractivity contribution in [1.82, 2.24) is 25.3 Å². The van der Waals surface area contributed by atoms with Gasteiger partial charge in [0, 0.05) is 11.3 Å². The van der Waals surface area contributed by atoms with Crippen LogP contribution in [0.3, 0.4) is 0 Å². The van der Waals surface area contributed by atoms with Crippen LogP contribution in [0.1, 0.15) is 25.7 Å². The van der Waals surface area contributed by atoms with Crippen molar-refractivity contribution in [3.63, 3.8) is 0 Å². The number of tetrazole rings is 1. The summed E-state index contributed by atoms with van der Waals surface area (Å²) in [4.78, 5) is 0. The molecule has 1 N–H and O–H groups in total. The highest BCUT2D eigenvalue weighted by Gasteiger charge is 2.20. The summed E-state index contributed by atoms with van der Waals surface area (Å²) in [5, 5.41) is 19.9. The number of hydrogen-bond acceptors (Lipinski definition) is 6. The summed E-state index contributed by atoms with van der Waals surface area (Å²) >= 11 is 1.98. The molecule has 1 aliphatic rings. The molecule has 0 unspecified atom stereocenters. The molecule has 0 radical (unpaired) electrons. The Hall–Kier alpha value is -1.37. The largest absolute Gasteiger partial charge is 0.366 e. The van der Waals surface area contributed by atoms with Gasteiger partial charge in [0.25, 0.3) is 0 Å². The van der Waals surface area contributed by atoms with Gasteiger partial charge in [0.1, 0.15) is 5.82 Å². The van der Waals surface area contributed by atoms with Crippen LogP contribution >= 0.6 is 11.8 Å². The van der Waals surface area contributed by atoms with E-state index in [1.807, 2.05) is 23.9 Å². The highest BCUT2D eigenvalue weighted by atomic mass is 32.2. The molecule has 0 amide bonds. The standard InChI is InChI=1S/C11H16N6S/c1-18-9-4-2-8(3-5-9)12-10-6-7-11-13-15-16-17(11)14-10/h6-9H,2-5H2,1H3,(H,12,14). The molecule has 0 aromatic carbocycles. The summed E-state index contributed by atoms with van der Waals surface area (Å²) in [6, 6.07) is 4.34. The minimum atomic E-state index is 0.523. The van der Waals surface area contributed by atoms with Crippen molar-refractivity contribution in [3.8, 4) is 0 Å². The maximum Gasteiger partial charge on any atom is 0.200 e. The number of nitrogens with one attached hydrogen (secondary N) is 1. The fraction of sp³-hybridized carbons (Fsp3) is 0.636. The van der Waals surface area contributed by atoms with Crippen molar-refractivity contribution in [3.05, 3.63) is 12.1 Å². The van der Waals surface area contributed by atoms with Crippen LogP contribution in [-0.4, -0.2) is 42.8 Å². The third-order valence-electron chi connectivity index (χ3n) is 3.43. The molecule has 18 heavy (non-hydrogen) atoms. The smallest absolute Gasteiger partial charge is 0.200 e. The van der Waals surface area contributed by atoms with Gasteiger partial charge >= 0.3 is 0 Å². The van der Waals surface area contributed by atoms with Gasteiger partial charge < -0.3 is 5.32 Å². The Morgan fingerprint density at radius 2 is 2.11 bits per heavy atom. The van der Waals surface area contributed by atoms with Gasteiger partial charge in [-0.25, -0.2) is 0 Å². The molecule has 2 heterocycles. The second-order valence-corrected chi connectivity index (χ2v) is 5.74. The Morgan fingerprint density at radius 1 is 1.28 bits per heavy atom. The second kappa shape index (κ2) is 5.09. The van der Waals surface area contributed by atoms with Gasteiger partial charge in [-0.2, -0.15) is 11.8 Å². The van der Waals surface area contributed by atoms with E-state index in [0.29, 0.717) is 11.7 Å². The van der Waals surface area contributed by atoms with Crippen LogP contribution in [0.5, 0.6) is 0 Å².